The summed E-state index contributed by atoms with van der Waals surface area (Å²) in [6.07, 6.45) is 2.47. The Morgan fingerprint density at radius 2 is 1.81 bits per heavy atom. The van der Waals surface area contributed by atoms with Crippen molar-refractivity contribution in [2.24, 2.45) is 0 Å². The van der Waals surface area contributed by atoms with Crippen molar-refractivity contribution in [1.29, 1.82) is 0 Å². The highest BCUT2D eigenvalue weighted by Crippen LogP contribution is 2.12. The quantitative estimate of drug-likeness (QED) is 0.806. The van der Waals surface area contributed by atoms with Crippen molar-refractivity contribution in [2.45, 2.75) is 26.7 Å². The smallest absolute Gasteiger partial charge is 0.260 e. The topological polar surface area (TPSA) is 32.8 Å². The monoisotopic (exact) mass is 290 g/mol. The summed E-state index contributed by atoms with van der Waals surface area (Å²) in [4.78, 5) is 16.5. The van der Waals surface area contributed by atoms with Crippen LogP contribution in [0.25, 0.3) is 0 Å². The highest BCUT2D eigenvalue weighted by molar-refractivity contribution is 5.77. The van der Waals surface area contributed by atoms with Gasteiger partial charge in [-0.3, -0.25) is 9.69 Å². The Morgan fingerprint density at radius 3 is 2.43 bits per heavy atom. The number of benzene rings is 1. The average Bonchev–Trinajstić information content (AvgIpc) is 2.52. The van der Waals surface area contributed by atoms with Crippen LogP contribution < -0.4 is 4.74 Å². The Hall–Kier alpha value is -1.55. The molecule has 2 rings (SSSR count). The van der Waals surface area contributed by atoms with E-state index in [1.54, 1.807) is 0 Å². The van der Waals surface area contributed by atoms with E-state index in [4.69, 9.17) is 4.74 Å². The first kappa shape index (κ1) is 15.8. The second kappa shape index (κ2) is 8.03. The van der Waals surface area contributed by atoms with Crippen molar-refractivity contribution in [3.63, 3.8) is 0 Å². The number of carbonyl (C=O) groups excluding carboxylic acids is 1. The Labute approximate surface area is 127 Å². The van der Waals surface area contributed by atoms with Crippen LogP contribution >= 0.6 is 0 Å². The molecular weight excluding hydrogens is 264 g/mol. The maximum atomic E-state index is 12.1. The van der Waals surface area contributed by atoms with E-state index in [1.807, 2.05) is 36.1 Å². The molecular formula is C17H26N2O2. The fourth-order valence-corrected chi connectivity index (χ4v) is 2.47. The summed E-state index contributed by atoms with van der Waals surface area (Å²) >= 11 is 0. The fourth-order valence-electron chi connectivity index (χ4n) is 2.47. The highest BCUT2D eigenvalue weighted by Gasteiger charge is 2.20. The number of aryl methyl sites for hydroxylation is 1. The molecule has 0 bridgehead atoms. The van der Waals surface area contributed by atoms with E-state index in [2.05, 4.69) is 11.8 Å². The zero-order valence-electron chi connectivity index (χ0n) is 13.2. The normalized spacial score (nSPS) is 16.0. The lowest BCUT2D eigenvalue weighted by Crippen LogP contribution is -2.50. The van der Waals surface area contributed by atoms with Gasteiger partial charge in [0.1, 0.15) is 5.75 Å². The van der Waals surface area contributed by atoms with Gasteiger partial charge in [-0.25, -0.2) is 0 Å². The molecule has 0 aromatic heterocycles. The summed E-state index contributed by atoms with van der Waals surface area (Å²) in [6.45, 7) is 9.14. The van der Waals surface area contributed by atoms with E-state index in [-0.39, 0.29) is 12.5 Å². The standard InChI is InChI=1S/C17H26N2O2/c1-3-4-9-18-10-12-19(13-11-18)17(20)14-21-16-7-5-15(2)6-8-16/h5-8H,3-4,9-14H2,1-2H3. The van der Waals surface area contributed by atoms with Gasteiger partial charge < -0.3 is 9.64 Å². The van der Waals surface area contributed by atoms with Crippen molar-refractivity contribution in [3.05, 3.63) is 29.8 Å². The summed E-state index contributed by atoms with van der Waals surface area (Å²) in [5.74, 6) is 0.848. The molecule has 0 aliphatic carbocycles. The van der Waals surface area contributed by atoms with Crippen molar-refractivity contribution >= 4 is 5.91 Å². The van der Waals surface area contributed by atoms with Crippen LogP contribution in [0.4, 0.5) is 0 Å². The molecule has 0 spiro atoms. The van der Waals surface area contributed by atoms with Crippen molar-refractivity contribution < 1.29 is 9.53 Å². The Kier molecular flexibility index (Phi) is 6.05. The molecule has 4 nitrogen and oxygen atoms in total. The van der Waals surface area contributed by atoms with E-state index < -0.39 is 0 Å². The molecule has 1 aromatic rings. The fraction of sp³-hybridized carbons (Fsp3) is 0.588. The number of nitrogens with zero attached hydrogens (tertiary/aromatic N) is 2. The first-order valence-electron chi connectivity index (χ1n) is 7.88. The van der Waals surface area contributed by atoms with Gasteiger partial charge in [0.2, 0.25) is 0 Å². The second-order valence-corrected chi connectivity index (χ2v) is 5.68. The summed E-state index contributed by atoms with van der Waals surface area (Å²) in [5.41, 5.74) is 1.19. The van der Waals surface area contributed by atoms with Gasteiger partial charge in [-0.2, -0.15) is 0 Å². The summed E-state index contributed by atoms with van der Waals surface area (Å²) in [7, 11) is 0. The zero-order chi connectivity index (χ0) is 15.1. The average molecular weight is 290 g/mol. The van der Waals surface area contributed by atoms with Gasteiger partial charge in [-0.05, 0) is 32.0 Å². The molecule has 1 amide bonds. The van der Waals surface area contributed by atoms with E-state index >= 15 is 0 Å². The molecule has 21 heavy (non-hydrogen) atoms. The Morgan fingerprint density at radius 1 is 1.14 bits per heavy atom. The predicted molar refractivity (Wildman–Crippen MR) is 84.6 cm³/mol. The van der Waals surface area contributed by atoms with E-state index in [9.17, 15) is 4.79 Å². The number of carbonyl (C=O) groups is 1. The molecule has 0 atom stereocenters. The summed E-state index contributed by atoms with van der Waals surface area (Å²) < 4.78 is 5.56. The molecule has 116 valence electrons. The summed E-state index contributed by atoms with van der Waals surface area (Å²) in [5, 5.41) is 0. The van der Waals surface area contributed by atoms with E-state index in [1.165, 1.54) is 18.4 Å². The molecule has 1 aliphatic heterocycles. The first-order chi connectivity index (χ1) is 10.2. The molecule has 1 fully saturated rings. The van der Waals surface area contributed by atoms with Gasteiger partial charge in [0.25, 0.3) is 5.91 Å². The molecule has 0 radical (unpaired) electrons. The van der Waals surface area contributed by atoms with Crippen LogP contribution in [0.1, 0.15) is 25.3 Å². The third-order valence-corrected chi connectivity index (χ3v) is 3.94. The van der Waals surface area contributed by atoms with Crippen LogP contribution in [0.15, 0.2) is 24.3 Å². The van der Waals surface area contributed by atoms with Crippen LogP contribution in [0.2, 0.25) is 0 Å². The largest absolute Gasteiger partial charge is 0.484 e. The molecule has 1 heterocycles. The molecule has 1 aliphatic rings. The third kappa shape index (κ3) is 5.05. The van der Waals surface area contributed by atoms with Gasteiger partial charge in [0, 0.05) is 26.2 Å². The number of hydrogen-bond acceptors (Lipinski definition) is 3. The lowest BCUT2D eigenvalue weighted by Gasteiger charge is -2.34. The number of rotatable bonds is 6. The Balaban J connectivity index is 1.71. The first-order valence-corrected chi connectivity index (χ1v) is 7.88. The zero-order valence-corrected chi connectivity index (χ0v) is 13.2. The van der Waals surface area contributed by atoms with Gasteiger partial charge in [-0.1, -0.05) is 31.0 Å². The highest BCUT2D eigenvalue weighted by atomic mass is 16.5. The SMILES string of the molecule is CCCCN1CCN(C(=O)COc2ccc(C)cc2)CC1. The summed E-state index contributed by atoms with van der Waals surface area (Å²) in [6, 6.07) is 7.80. The molecule has 0 N–H and O–H groups in total. The molecule has 1 aromatic carbocycles. The van der Waals surface area contributed by atoms with Crippen LogP contribution in [-0.2, 0) is 4.79 Å². The molecule has 4 heteroatoms. The minimum absolute atomic E-state index is 0.0886. The third-order valence-electron chi connectivity index (χ3n) is 3.94. The minimum Gasteiger partial charge on any atom is -0.484 e. The molecule has 1 saturated heterocycles. The number of amides is 1. The van der Waals surface area contributed by atoms with Crippen LogP contribution in [0.3, 0.4) is 0 Å². The van der Waals surface area contributed by atoms with Crippen LogP contribution in [0, 0.1) is 6.92 Å². The van der Waals surface area contributed by atoms with Gasteiger partial charge in [-0.15, -0.1) is 0 Å². The van der Waals surface area contributed by atoms with E-state index in [0.29, 0.717) is 0 Å². The predicted octanol–water partition coefficient (Wildman–Crippen LogP) is 2.32. The number of piperazine rings is 1. The maximum Gasteiger partial charge on any atom is 0.260 e. The minimum atomic E-state index is 0.0886. The van der Waals surface area contributed by atoms with Gasteiger partial charge in [0.15, 0.2) is 6.61 Å². The lowest BCUT2D eigenvalue weighted by atomic mass is 10.2. The van der Waals surface area contributed by atoms with Crippen molar-refractivity contribution in [3.8, 4) is 5.75 Å². The number of unbranched alkanes of at least 4 members (excludes halogenated alkanes) is 1. The molecule has 0 saturated carbocycles. The van der Waals surface area contributed by atoms with Gasteiger partial charge >= 0.3 is 0 Å². The van der Waals surface area contributed by atoms with Crippen molar-refractivity contribution in [1.82, 2.24) is 9.80 Å². The van der Waals surface area contributed by atoms with E-state index in [0.717, 1.165) is 38.5 Å². The lowest BCUT2D eigenvalue weighted by molar-refractivity contribution is -0.135. The Bertz CT molecular complexity index is 437. The number of ether oxygens (including phenoxy) is 1. The number of hydrogen-bond donors (Lipinski definition) is 0. The maximum absolute atomic E-state index is 12.1. The van der Waals surface area contributed by atoms with Crippen LogP contribution in [-0.4, -0.2) is 55.0 Å². The van der Waals surface area contributed by atoms with Crippen molar-refractivity contribution in [2.75, 3.05) is 39.3 Å². The van der Waals surface area contributed by atoms with Crippen LogP contribution in [0.5, 0.6) is 5.75 Å². The molecule has 0 unspecified atom stereocenters. The van der Waals surface area contributed by atoms with Gasteiger partial charge in [0.05, 0.1) is 0 Å². The second-order valence-electron chi connectivity index (χ2n) is 5.68.